The highest BCUT2D eigenvalue weighted by Crippen LogP contribution is 2.34. The van der Waals surface area contributed by atoms with Gasteiger partial charge in [-0.05, 0) is 19.1 Å². The number of hydrogen-bond acceptors (Lipinski definition) is 5. The van der Waals surface area contributed by atoms with E-state index in [0.717, 1.165) is 11.1 Å². The number of ether oxygens (including phenoxy) is 2. The summed E-state index contributed by atoms with van der Waals surface area (Å²) in [6.07, 6.45) is 3.55. The lowest BCUT2D eigenvalue weighted by Crippen LogP contribution is -2.16. The lowest BCUT2D eigenvalue weighted by atomic mass is 10.2. The van der Waals surface area contributed by atoms with Crippen LogP contribution in [0.5, 0.6) is 5.95 Å². The van der Waals surface area contributed by atoms with Gasteiger partial charge in [-0.25, -0.2) is 9.78 Å². The summed E-state index contributed by atoms with van der Waals surface area (Å²) in [6.45, 7) is 1.56. The van der Waals surface area contributed by atoms with E-state index >= 15 is 0 Å². The minimum absolute atomic E-state index is 0.0423. The van der Waals surface area contributed by atoms with Crippen LogP contribution in [0.3, 0.4) is 0 Å². The fraction of sp³-hybridized carbons (Fsp3) is 0.100. The van der Waals surface area contributed by atoms with Crippen LogP contribution in [-0.4, -0.2) is 17.2 Å². The highest BCUT2D eigenvalue weighted by molar-refractivity contribution is 5.72. The Bertz CT molecular complexity index is 894. The zero-order valence-electron chi connectivity index (χ0n) is 13.5. The molecule has 0 radical (unpaired) electrons. The van der Waals surface area contributed by atoms with E-state index in [1.807, 2.05) is 60.7 Å². The number of aromatic nitrogens is 1. The number of terminal acetylenes is 1. The Kier molecular flexibility index (Phi) is 4.82. The molecule has 0 saturated heterocycles. The van der Waals surface area contributed by atoms with Gasteiger partial charge in [0, 0.05) is 11.1 Å². The van der Waals surface area contributed by atoms with Crippen molar-refractivity contribution in [3.8, 4) is 41.0 Å². The molecule has 0 aliphatic heterocycles. The average Bonchev–Trinajstić information content (AvgIpc) is 3.06. The van der Waals surface area contributed by atoms with Crippen LogP contribution in [0.4, 0.5) is 4.79 Å². The third-order valence-electron chi connectivity index (χ3n) is 3.35. The average molecular weight is 333 g/mol. The Hall–Kier alpha value is -3.52. The molecule has 3 aromatic rings. The Morgan fingerprint density at radius 2 is 1.68 bits per heavy atom. The minimum Gasteiger partial charge on any atom is -0.418 e. The van der Waals surface area contributed by atoms with Gasteiger partial charge in [-0.2, -0.15) is 0 Å². The summed E-state index contributed by atoms with van der Waals surface area (Å²) in [4.78, 5) is 16.3. The van der Waals surface area contributed by atoms with Crippen LogP contribution in [-0.2, 0) is 4.74 Å². The molecule has 1 unspecified atom stereocenters. The van der Waals surface area contributed by atoms with Crippen molar-refractivity contribution < 1.29 is 18.7 Å². The summed E-state index contributed by atoms with van der Waals surface area (Å²) in [5.74, 6) is 2.59. The molecule has 0 fully saturated rings. The molecule has 0 saturated carbocycles. The van der Waals surface area contributed by atoms with Crippen molar-refractivity contribution in [3.63, 3.8) is 0 Å². The number of hydrogen-bond donors (Lipinski definition) is 0. The molecule has 1 aromatic heterocycles. The van der Waals surface area contributed by atoms with Gasteiger partial charge >= 0.3 is 12.1 Å². The van der Waals surface area contributed by atoms with Crippen molar-refractivity contribution >= 4 is 6.16 Å². The molecule has 25 heavy (non-hydrogen) atoms. The highest BCUT2D eigenvalue weighted by Gasteiger charge is 2.21. The van der Waals surface area contributed by atoms with Gasteiger partial charge in [-0.1, -0.05) is 54.5 Å². The molecule has 0 aliphatic carbocycles. The zero-order chi connectivity index (χ0) is 17.6. The van der Waals surface area contributed by atoms with Gasteiger partial charge < -0.3 is 13.9 Å². The largest absolute Gasteiger partial charge is 0.517 e. The van der Waals surface area contributed by atoms with Gasteiger partial charge in [0.05, 0.1) is 0 Å². The summed E-state index contributed by atoms with van der Waals surface area (Å²) in [7, 11) is 0. The van der Waals surface area contributed by atoms with Crippen LogP contribution in [0.15, 0.2) is 65.1 Å². The third-order valence-corrected chi connectivity index (χ3v) is 3.35. The molecule has 0 N–H and O–H groups in total. The summed E-state index contributed by atoms with van der Waals surface area (Å²) in [5, 5.41) is 0. The summed E-state index contributed by atoms with van der Waals surface area (Å²) in [6, 6.07) is 18.6. The first-order valence-electron chi connectivity index (χ1n) is 7.63. The van der Waals surface area contributed by atoms with Crippen molar-refractivity contribution in [2.45, 2.75) is 13.0 Å². The fourth-order valence-corrected chi connectivity index (χ4v) is 2.14. The second kappa shape index (κ2) is 7.37. The molecular formula is C20H15NO4. The van der Waals surface area contributed by atoms with Gasteiger partial charge in [0.2, 0.25) is 5.89 Å². The number of benzene rings is 2. The fourth-order valence-electron chi connectivity index (χ4n) is 2.14. The topological polar surface area (TPSA) is 61.6 Å². The molecule has 3 rings (SSSR count). The Morgan fingerprint density at radius 1 is 1.08 bits per heavy atom. The van der Waals surface area contributed by atoms with Crippen LogP contribution in [0.1, 0.15) is 6.92 Å². The van der Waals surface area contributed by atoms with Crippen molar-refractivity contribution in [2.75, 3.05) is 0 Å². The molecule has 1 atom stereocenters. The third kappa shape index (κ3) is 3.88. The van der Waals surface area contributed by atoms with Crippen LogP contribution in [0, 0.1) is 12.3 Å². The molecule has 0 bridgehead atoms. The van der Waals surface area contributed by atoms with E-state index in [9.17, 15) is 4.79 Å². The van der Waals surface area contributed by atoms with Crippen LogP contribution in [0.25, 0.3) is 22.7 Å². The van der Waals surface area contributed by atoms with Gasteiger partial charge in [-0.3, -0.25) is 0 Å². The van der Waals surface area contributed by atoms with Gasteiger partial charge in [-0.15, -0.1) is 6.42 Å². The molecule has 5 heteroatoms. The van der Waals surface area contributed by atoms with Gasteiger partial charge in [0.25, 0.3) is 0 Å². The monoisotopic (exact) mass is 333 g/mol. The standard InChI is InChI=1S/C20H15NO4/c1-3-14(2)23-20(22)25-19-17(15-10-6-4-7-11-15)21-18(24-19)16-12-8-5-9-13-16/h1,4-14H,2H3. The maximum atomic E-state index is 11.9. The first-order valence-corrected chi connectivity index (χ1v) is 7.63. The number of rotatable bonds is 4. The van der Waals surface area contributed by atoms with Crippen LogP contribution in [0.2, 0.25) is 0 Å². The van der Waals surface area contributed by atoms with E-state index in [1.54, 1.807) is 6.92 Å². The van der Waals surface area contributed by atoms with Crippen molar-refractivity contribution in [2.24, 2.45) is 0 Å². The first-order chi connectivity index (χ1) is 12.2. The normalized spacial score (nSPS) is 11.4. The number of carbonyl (C=O) groups excluding carboxylic acids is 1. The summed E-state index contributed by atoms with van der Waals surface area (Å²) >= 11 is 0. The number of nitrogens with zero attached hydrogens (tertiary/aromatic N) is 1. The molecule has 124 valence electrons. The molecule has 2 aromatic carbocycles. The molecule has 0 spiro atoms. The van der Waals surface area contributed by atoms with Crippen molar-refractivity contribution in [1.82, 2.24) is 4.98 Å². The van der Waals surface area contributed by atoms with E-state index < -0.39 is 12.3 Å². The van der Waals surface area contributed by atoms with Crippen LogP contribution < -0.4 is 4.74 Å². The Labute approximate surface area is 145 Å². The Balaban J connectivity index is 1.96. The smallest absolute Gasteiger partial charge is 0.418 e. The maximum Gasteiger partial charge on any atom is 0.517 e. The number of oxazole rings is 1. The molecule has 0 amide bonds. The number of carbonyl (C=O) groups is 1. The van der Waals surface area contributed by atoms with Crippen molar-refractivity contribution in [3.05, 3.63) is 60.7 Å². The van der Waals surface area contributed by atoms with Gasteiger partial charge in [0.15, 0.2) is 11.8 Å². The van der Waals surface area contributed by atoms with E-state index in [4.69, 9.17) is 20.3 Å². The molecule has 0 aliphatic rings. The van der Waals surface area contributed by atoms with Crippen molar-refractivity contribution in [1.29, 1.82) is 0 Å². The lowest BCUT2D eigenvalue weighted by molar-refractivity contribution is 0.0778. The van der Waals surface area contributed by atoms with E-state index in [-0.39, 0.29) is 5.95 Å². The Morgan fingerprint density at radius 3 is 2.28 bits per heavy atom. The molecule has 1 heterocycles. The summed E-state index contributed by atoms with van der Waals surface area (Å²) < 4.78 is 15.8. The minimum atomic E-state index is -0.946. The molecular weight excluding hydrogens is 318 g/mol. The SMILES string of the molecule is C#CC(C)OC(=O)Oc1oc(-c2ccccc2)nc1-c1ccccc1. The predicted molar refractivity (Wildman–Crippen MR) is 92.8 cm³/mol. The second-order valence-corrected chi connectivity index (χ2v) is 5.17. The molecule has 5 nitrogen and oxygen atoms in total. The highest BCUT2D eigenvalue weighted by atomic mass is 16.8. The van der Waals surface area contributed by atoms with E-state index in [2.05, 4.69) is 10.9 Å². The quantitative estimate of drug-likeness (QED) is 0.518. The van der Waals surface area contributed by atoms with E-state index in [0.29, 0.717) is 11.6 Å². The first kappa shape index (κ1) is 16.3. The maximum absolute atomic E-state index is 11.9. The van der Waals surface area contributed by atoms with Gasteiger partial charge in [0.1, 0.15) is 0 Å². The summed E-state index contributed by atoms with van der Waals surface area (Å²) in [5.41, 5.74) is 1.92. The lowest BCUT2D eigenvalue weighted by Gasteiger charge is -2.06. The van der Waals surface area contributed by atoms with Crippen LogP contribution >= 0.6 is 0 Å². The van der Waals surface area contributed by atoms with E-state index in [1.165, 1.54) is 0 Å². The predicted octanol–water partition coefficient (Wildman–Crippen LogP) is 4.55. The second-order valence-electron chi connectivity index (χ2n) is 5.17. The zero-order valence-corrected chi connectivity index (χ0v) is 13.5.